The highest BCUT2D eigenvalue weighted by atomic mass is 14.3. The Kier molecular flexibility index (Phi) is 3.13. The molecule has 4 aromatic carbocycles. The van der Waals surface area contributed by atoms with Gasteiger partial charge in [-0.3, -0.25) is 0 Å². The first-order valence-corrected chi connectivity index (χ1v) is 9.50. The summed E-state index contributed by atoms with van der Waals surface area (Å²) in [5, 5.41) is 10.8. The van der Waals surface area contributed by atoms with E-state index in [4.69, 9.17) is 0 Å². The summed E-state index contributed by atoms with van der Waals surface area (Å²) in [5.41, 5.74) is 3.08. The first-order chi connectivity index (χ1) is 12.4. The molecule has 0 N–H and O–H groups in total. The van der Waals surface area contributed by atoms with Gasteiger partial charge in [-0.25, -0.2) is 0 Å². The average molecular weight is 336 g/mol. The van der Waals surface area contributed by atoms with Crippen LogP contribution in [0.2, 0.25) is 0 Å². The Labute approximate surface area is 154 Å². The predicted octanol–water partition coefficient (Wildman–Crippen LogP) is 5.84. The highest BCUT2D eigenvalue weighted by Crippen LogP contribution is 2.32. The van der Waals surface area contributed by atoms with Gasteiger partial charge in [0.25, 0.3) is 0 Å². The Hall–Kier alpha value is -2.60. The minimum absolute atomic E-state index is 0.256. The van der Waals surface area contributed by atoms with Crippen molar-refractivity contribution in [3.63, 3.8) is 0 Å². The van der Waals surface area contributed by atoms with Crippen LogP contribution < -0.4 is 10.4 Å². The zero-order chi connectivity index (χ0) is 18.1. The van der Waals surface area contributed by atoms with E-state index in [-0.39, 0.29) is 5.41 Å². The lowest BCUT2D eigenvalue weighted by Gasteiger charge is -2.27. The summed E-state index contributed by atoms with van der Waals surface area (Å²) in [6.45, 7) is 9.15. The summed E-state index contributed by atoms with van der Waals surface area (Å²) < 4.78 is 0. The zero-order valence-corrected chi connectivity index (χ0v) is 16.0. The quantitative estimate of drug-likeness (QED) is 0.354. The second-order valence-corrected chi connectivity index (χ2v) is 8.61. The van der Waals surface area contributed by atoms with Crippen molar-refractivity contribution in [1.82, 2.24) is 0 Å². The number of fused-ring (bicyclic) bond motifs is 4. The van der Waals surface area contributed by atoms with Crippen LogP contribution in [-0.4, -0.2) is 0 Å². The second kappa shape index (κ2) is 5.20. The second-order valence-electron chi connectivity index (χ2n) is 8.61. The van der Waals surface area contributed by atoms with E-state index < -0.39 is 0 Å². The van der Waals surface area contributed by atoms with Gasteiger partial charge >= 0.3 is 0 Å². The monoisotopic (exact) mass is 336 g/mol. The molecule has 0 radical (unpaired) electrons. The standard InChI is InChI=1S/C26H24/c1-16-5-6-18-10-21-14-24-15-25-17(2)26(3,4)8-7-19(25)11-22(24)13-23(21)12-20(18)9-16/h5-7,9-15H,8H2,1-4H3. The maximum absolute atomic E-state index is 2.41. The first kappa shape index (κ1) is 15.6. The molecular weight excluding hydrogens is 312 g/mol. The normalized spacial score (nSPS) is 16.1. The fraction of sp³-hybridized carbons (Fsp3) is 0.231. The Bertz CT molecular complexity index is 1330. The zero-order valence-electron chi connectivity index (χ0n) is 16.0. The van der Waals surface area contributed by atoms with E-state index in [9.17, 15) is 0 Å². The van der Waals surface area contributed by atoms with Gasteiger partial charge in [0.15, 0.2) is 0 Å². The maximum atomic E-state index is 2.41. The number of aryl methyl sites for hydroxylation is 1. The molecule has 4 aromatic rings. The molecule has 0 atom stereocenters. The average Bonchev–Trinajstić information content (AvgIpc) is 2.61. The molecule has 0 amide bonds. The van der Waals surface area contributed by atoms with E-state index in [0.29, 0.717) is 0 Å². The molecule has 0 bridgehead atoms. The van der Waals surface area contributed by atoms with E-state index >= 15 is 0 Å². The van der Waals surface area contributed by atoms with Crippen LogP contribution in [0, 0.1) is 12.3 Å². The summed E-state index contributed by atoms with van der Waals surface area (Å²) in [7, 11) is 0. The summed E-state index contributed by atoms with van der Waals surface area (Å²) in [5.74, 6) is 0. The van der Waals surface area contributed by atoms with Crippen LogP contribution in [0.15, 0.2) is 54.6 Å². The first-order valence-electron chi connectivity index (χ1n) is 9.50. The molecule has 5 rings (SSSR count). The molecule has 0 heterocycles. The van der Waals surface area contributed by atoms with Gasteiger partial charge in [0.1, 0.15) is 0 Å². The number of rotatable bonds is 0. The van der Waals surface area contributed by atoms with Crippen molar-refractivity contribution in [3.05, 3.63) is 70.6 Å². The van der Waals surface area contributed by atoms with E-state index in [2.05, 4.69) is 88.4 Å². The van der Waals surface area contributed by atoms with Crippen molar-refractivity contribution < 1.29 is 0 Å². The van der Waals surface area contributed by atoms with Crippen molar-refractivity contribution >= 4 is 44.0 Å². The SMILES string of the molecule is CC1=c2cc3cc4cc5ccc(C)cc5cc4cc3cc2=CCC1(C)C. The lowest BCUT2D eigenvalue weighted by Crippen LogP contribution is -2.35. The van der Waals surface area contributed by atoms with Crippen LogP contribution in [0.4, 0.5) is 0 Å². The molecule has 0 aromatic heterocycles. The maximum Gasteiger partial charge on any atom is -0.0103 e. The van der Waals surface area contributed by atoms with E-state index in [1.807, 2.05) is 0 Å². The van der Waals surface area contributed by atoms with Crippen LogP contribution in [0.3, 0.4) is 0 Å². The lowest BCUT2D eigenvalue weighted by atomic mass is 9.77. The minimum atomic E-state index is 0.256. The van der Waals surface area contributed by atoms with Gasteiger partial charge < -0.3 is 0 Å². The molecule has 0 unspecified atom stereocenters. The van der Waals surface area contributed by atoms with Crippen molar-refractivity contribution in [1.29, 1.82) is 0 Å². The third-order valence-electron chi connectivity index (χ3n) is 6.33. The summed E-state index contributed by atoms with van der Waals surface area (Å²) >= 11 is 0. The molecule has 128 valence electrons. The highest BCUT2D eigenvalue weighted by Gasteiger charge is 2.22. The molecular formula is C26H24. The summed E-state index contributed by atoms with van der Waals surface area (Å²) in [6.07, 6.45) is 3.53. The molecule has 0 nitrogen and oxygen atoms in total. The van der Waals surface area contributed by atoms with Crippen LogP contribution in [0.1, 0.15) is 32.8 Å². The van der Waals surface area contributed by atoms with Gasteiger partial charge in [-0.15, -0.1) is 0 Å². The van der Waals surface area contributed by atoms with Crippen LogP contribution in [0.25, 0.3) is 44.0 Å². The van der Waals surface area contributed by atoms with Crippen molar-refractivity contribution in [2.24, 2.45) is 5.41 Å². The molecule has 0 saturated heterocycles. The molecule has 0 heteroatoms. The van der Waals surface area contributed by atoms with E-state index in [1.54, 1.807) is 0 Å². The van der Waals surface area contributed by atoms with Gasteiger partial charge in [-0.1, -0.05) is 49.3 Å². The fourth-order valence-corrected chi connectivity index (χ4v) is 4.31. The van der Waals surface area contributed by atoms with Crippen LogP contribution >= 0.6 is 0 Å². The lowest BCUT2D eigenvalue weighted by molar-refractivity contribution is 0.511. The summed E-state index contributed by atoms with van der Waals surface area (Å²) in [6, 6.07) is 20.9. The fourth-order valence-electron chi connectivity index (χ4n) is 4.31. The molecule has 0 fully saturated rings. The van der Waals surface area contributed by atoms with Crippen LogP contribution in [-0.2, 0) is 0 Å². The smallest absolute Gasteiger partial charge is 0.0103 e. The third-order valence-corrected chi connectivity index (χ3v) is 6.33. The largest absolute Gasteiger partial charge is 0.0758 e. The van der Waals surface area contributed by atoms with Gasteiger partial charge in [-0.2, -0.15) is 0 Å². The molecule has 26 heavy (non-hydrogen) atoms. The molecule has 1 aliphatic carbocycles. The Balaban J connectivity index is 1.88. The Morgan fingerprint density at radius 3 is 1.96 bits per heavy atom. The van der Waals surface area contributed by atoms with E-state index in [0.717, 1.165) is 6.42 Å². The van der Waals surface area contributed by atoms with Crippen LogP contribution in [0.5, 0.6) is 0 Å². The van der Waals surface area contributed by atoms with E-state index in [1.165, 1.54) is 53.9 Å². The topological polar surface area (TPSA) is 0 Å². The molecule has 0 spiro atoms. The predicted molar refractivity (Wildman–Crippen MR) is 115 cm³/mol. The van der Waals surface area contributed by atoms with Gasteiger partial charge in [0.05, 0.1) is 0 Å². The highest BCUT2D eigenvalue weighted by molar-refractivity contribution is 6.04. The Morgan fingerprint density at radius 2 is 1.23 bits per heavy atom. The molecule has 0 saturated carbocycles. The Morgan fingerprint density at radius 1 is 0.654 bits per heavy atom. The third kappa shape index (κ3) is 2.29. The van der Waals surface area contributed by atoms with Gasteiger partial charge in [-0.05, 0) is 105 Å². The van der Waals surface area contributed by atoms with Crippen molar-refractivity contribution in [2.45, 2.75) is 34.1 Å². The minimum Gasteiger partial charge on any atom is -0.0758 e. The number of benzene rings is 4. The molecule has 0 aliphatic heterocycles. The number of hydrogen-bond acceptors (Lipinski definition) is 0. The summed E-state index contributed by atoms with van der Waals surface area (Å²) in [4.78, 5) is 0. The number of hydrogen-bond donors (Lipinski definition) is 0. The van der Waals surface area contributed by atoms with Crippen molar-refractivity contribution in [2.75, 3.05) is 0 Å². The van der Waals surface area contributed by atoms with Crippen molar-refractivity contribution in [3.8, 4) is 0 Å². The van der Waals surface area contributed by atoms with Gasteiger partial charge in [0.2, 0.25) is 0 Å². The molecule has 1 aliphatic rings. The van der Waals surface area contributed by atoms with Gasteiger partial charge in [0, 0.05) is 0 Å².